The summed E-state index contributed by atoms with van der Waals surface area (Å²) in [6.45, 7) is 3.31. The minimum Gasteiger partial charge on any atom is -0.358 e. The Hall–Kier alpha value is -1.97. The Labute approximate surface area is 190 Å². The smallest absolute Gasteiger partial charge is 0.259 e. The molecule has 32 heavy (non-hydrogen) atoms. The van der Waals surface area contributed by atoms with E-state index in [0.29, 0.717) is 31.0 Å². The molecule has 0 bridgehead atoms. The molecule has 0 aromatic rings. The van der Waals surface area contributed by atoms with E-state index in [4.69, 9.17) is 0 Å². The zero-order valence-electron chi connectivity index (χ0n) is 17.8. The van der Waals surface area contributed by atoms with Gasteiger partial charge in [-0.2, -0.15) is 0 Å². The van der Waals surface area contributed by atoms with Gasteiger partial charge < -0.3 is 20.9 Å². The average molecular weight is 470 g/mol. The number of carbonyl (C=O) groups excluding carboxylic acids is 2. The summed E-state index contributed by atoms with van der Waals surface area (Å²) in [7, 11) is 0. The number of nitro groups is 1. The van der Waals surface area contributed by atoms with Gasteiger partial charge in [0.15, 0.2) is 6.04 Å². The van der Waals surface area contributed by atoms with Crippen molar-refractivity contribution in [1.82, 2.24) is 42.1 Å². The molecule has 14 heteroatoms. The summed E-state index contributed by atoms with van der Waals surface area (Å²) in [6, 6.07) is -1.56. The molecule has 0 spiro atoms. The van der Waals surface area contributed by atoms with E-state index < -0.39 is 22.9 Å². The quantitative estimate of drug-likeness (QED) is 0.114. The van der Waals surface area contributed by atoms with Crippen molar-refractivity contribution in [3.63, 3.8) is 0 Å². The number of hydrogen-bond donors (Lipinski definition) is 7. The summed E-state index contributed by atoms with van der Waals surface area (Å²) in [5.41, 5.74) is 0. The first-order valence-electron chi connectivity index (χ1n) is 11.0. The molecule has 5 unspecified atom stereocenters. The van der Waals surface area contributed by atoms with E-state index in [1.165, 1.54) is 11.8 Å². The topological polar surface area (TPSA) is 165 Å². The van der Waals surface area contributed by atoms with Crippen LogP contribution in [0.5, 0.6) is 0 Å². The first kappa shape index (κ1) is 23.2. The molecule has 0 saturated carbocycles. The predicted octanol–water partition coefficient (Wildman–Crippen LogP) is -3.17. The molecule has 0 aromatic heterocycles. The molecular formula is C18H31N9O4S. The Bertz CT molecular complexity index is 754. The monoisotopic (exact) mass is 469 g/mol. The lowest BCUT2D eigenvalue weighted by molar-refractivity contribution is -0.527. The average Bonchev–Trinajstić information content (AvgIpc) is 3.30. The van der Waals surface area contributed by atoms with Gasteiger partial charge >= 0.3 is 0 Å². The summed E-state index contributed by atoms with van der Waals surface area (Å²) in [6.07, 6.45) is 3.23. The minimum atomic E-state index is -0.916. The number of amides is 2. The van der Waals surface area contributed by atoms with Crippen LogP contribution in [0.4, 0.5) is 0 Å². The normalized spacial score (nSPS) is 32.6. The van der Waals surface area contributed by atoms with Crippen LogP contribution in [0.3, 0.4) is 0 Å². The van der Waals surface area contributed by atoms with Crippen molar-refractivity contribution >= 4 is 23.6 Å². The number of fused-ring (bicyclic) bond motifs is 1. The first-order valence-corrected chi connectivity index (χ1v) is 12.0. The molecule has 0 aromatic carbocycles. The standard InChI is InChI=1S/C18H31N9O4S/c28-17(20-4-5-21-18(29)13-11(27(30)31)2-1-3-19-13)12-8-26(6-7-32-12)16-14-15(23-9-22-14)24-10-25-16/h8,11,13-16,19,22-25H,1-7,9-10H2,(H,20,28)(H,21,29). The number of rotatable bonds is 7. The van der Waals surface area contributed by atoms with Gasteiger partial charge in [-0.1, -0.05) is 0 Å². The SMILES string of the molecule is O=C(NCCNC(=O)C1NCCCC1[N+](=O)[O-])C1=CN(C2NCNC3NCNC32)CCS1. The number of nitrogens with zero attached hydrogens (tertiary/aromatic N) is 2. The second kappa shape index (κ2) is 10.8. The van der Waals surface area contributed by atoms with Crippen LogP contribution in [0, 0.1) is 10.1 Å². The van der Waals surface area contributed by atoms with Crippen molar-refractivity contribution < 1.29 is 14.5 Å². The maximum Gasteiger partial charge on any atom is 0.259 e. The number of nitrogens with one attached hydrogen (secondary N) is 7. The second-order valence-electron chi connectivity index (χ2n) is 8.17. The summed E-state index contributed by atoms with van der Waals surface area (Å²) in [5.74, 6) is 0.223. The third-order valence-corrected chi connectivity index (χ3v) is 7.14. The van der Waals surface area contributed by atoms with Crippen LogP contribution < -0.4 is 37.2 Å². The van der Waals surface area contributed by atoms with Gasteiger partial charge in [-0.3, -0.25) is 41.0 Å². The number of thioether (sulfide) groups is 1. The van der Waals surface area contributed by atoms with Crippen LogP contribution in [-0.4, -0.2) is 97.4 Å². The highest BCUT2D eigenvalue weighted by Gasteiger charge is 2.40. The largest absolute Gasteiger partial charge is 0.358 e. The van der Waals surface area contributed by atoms with Crippen molar-refractivity contribution in [2.75, 3.05) is 45.3 Å². The van der Waals surface area contributed by atoms with E-state index in [1.807, 2.05) is 6.20 Å². The van der Waals surface area contributed by atoms with Crippen LogP contribution in [0.2, 0.25) is 0 Å². The highest BCUT2D eigenvalue weighted by Crippen LogP contribution is 2.24. The predicted molar refractivity (Wildman–Crippen MR) is 119 cm³/mol. The Morgan fingerprint density at radius 3 is 2.75 bits per heavy atom. The van der Waals surface area contributed by atoms with Crippen LogP contribution >= 0.6 is 11.8 Å². The Balaban J connectivity index is 1.24. The van der Waals surface area contributed by atoms with Gasteiger partial charge in [0, 0.05) is 56.3 Å². The van der Waals surface area contributed by atoms with Crippen molar-refractivity contribution in [2.45, 2.75) is 43.3 Å². The Morgan fingerprint density at radius 1 is 1.16 bits per heavy atom. The lowest BCUT2D eigenvalue weighted by Gasteiger charge is -2.42. The fourth-order valence-corrected chi connectivity index (χ4v) is 5.47. The fourth-order valence-electron chi connectivity index (χ4n) is 4.53. The maximum atomic E-state index is 12.6. The zero-order chi connectivity index (χ0) is 22.5. The van der Waals surface area contributed by atoms with Crippen molar-refractivity contribution in [1.29, 1.82) is 0 Å². The van der Waals surface area contributed by atoms with E-state index in [0.717, 1.165) is 19.0 Å². The zero-order valence-corrected chi connectivity index (χ0v) is 18.6. The lowest BCUT2D eigenvalue weighted by Crippen LogP contribution is -2.68. The van der Waals surface area contributed by atoms with Gasteiger partial charge in [0.1, 0.15) is 0 Å². The van der Waals surface area contributed by atoms with E-state index in [1.54, 1.807) is 0 Å². The lowest BCUT2D eigenvalue weighted by atomic mass is 9.98. The molecule has 0 radical (unpaired) electrons. The Morgan fingerprint density at radius 2 is 1.94 bits per heavy atom. The highest BCUT2D eigenvalue weighted by atomic mass is 32.2. The molecule has 4 aliphatic rings. The van der Waals surface area contributed by atoms with Gasteiger partial charge in [0.05, 0.1) is 23.3 Å². The Kier molecular flexibility index (Phi) is 7.80. The van der Waals surface area contributed by atoms with Gasteiger partial charge in [0.2, 0.25) is 11.9 Å². The maximum absolute atomic E-state index is 12.6. The molecule has 4 heterocycles. The van der Waals surface area contributed by atoms with Crippen molar-refractivity contribution in [2.24, 2.45) is 0 Å². The first-order chi connectivity index (χ1) is 15.5. The molecule has 178 valence electrons. The third-order valence-electron chi connectivity index (χ3n) is 6.15. The van der Waals surface area contributed by atoms with E-state index in [2.05, 4.69) is 42.1 Å². The summed E-state index contributed by atoms with van der Waals surface area (Å²) < 4.78 is 0. The molecule has 13 nitrogen and oxygen atoms in total. The number of hydrogen-bond acceptors (Lipinski definition) is 11. The molecule has 3 saturated heterocycles. The van der Waals surface area contributed by atoms with E-state index >= 15 is 0 Å². The summed E-state index contributed by atoms with van der Waals surface area (Å²) >= 11 is 1.51. The van der Waals surface area contributed by atoms with Gasteiger partial charge in [-0.05, 0) is 13.0 Å². The molecule has 4 rings (SSSR count). The van der Waals surface area contributed by atoms with Crippen molar-refractivity contribution in [3.8, 4) is 0 Å². The summed E-state index contributed by atoms with van der Waals surface area (Å²) in [4.78, 5) is 38.5. The van der Waals surface area contributed by atoms with Crippen LogP contribution in [0.25, 0.3) is 0 Å². The molecule has 7 N–H and O–H groups in total. The van der Waals surface area contributed by atoms with Gasteiger partial charge in [-0.25, -0.2) is 0 Å². The summed E-state index contributed by atoms with van der Waals surface area (Å²) in [5, 5.41) is 33.2. The molecule has 5 atom stereocenters. The van der Waals surface area contributed by atoms with Crippen LogP contribution in [-0.2, 0) is 9.59 Å². The molecule has 0 aliphatic carbocycles. The molecule has 2 amide bonds. The van der Waals surface area contributed by atoms with Gasteiger partial charge in [0.25, 0.3) is 5.91 Å². The van der Waals surface area contributed by atoms with E-state index in [-0.39, 0.29) is 37.4 Å². The molecule has 3 fully saturated rings. The molecular weight excluding hydrogens is 438 g/mol. The number of carbonyl (C=O) groups is 2. The second-order valence-corrected chi connectivity index (χ2v) is 9.31. The molecule has 4 aliphatic heterocycles. The van der Waals surface area contributed by atoms with Crippen LogP contribution in [0.15, 0.2) is 11.1 Å². The fraction of sp³-hybridized carbons (Fsp3) is 0.778. The minimum absolute atomic E-state index is 0.0803. The van der Waals surface area contributed by atoms with Crippen molar-refractivity contribution in [3.05, 3.63) is 21.2 Å². The highest BCUT2D eigenvalue weighted by molar-refractivity contribution is 8.04. The number of piperidine rings is 1. The third kappa shape index (κ3) is 5.32. The van der Waals surface area contributed by atoms with E-state index in [9.17, 15) is 19.7 Å². The van der Waals surface area contributed by atoms with Crippen LogP contribution in [0.1, 0.15) is 12.8 Å². The van der Waals surface area contributed by atoms with Gasteiger partial charge in [-0.15, -0.1) is 11.8 Å².